The van der Waals surface area contributed by atoms with Crippen LogP contribution < -0.4 is 0 Å². The molecule has 1 nitrogen and oxygen atoms in total. The van der Waals surface area contributed by atoms with E-state index in [2.05, 4.69) is 0 Å². The van der Waals surface area contributed by atoms with E-state index in [-0.39, 0.29) is 10.6 Å². The monoisotopic (exact) mass is 192 g/mol. The number of hydrogen-bond acceptors (Lipinski definition) is 1. The summed E-state index contributed by atoms with van der Waals surface area (Å²) in [5.74, 6) is 0.813. The van der Waals surface area contributed by atoms with E-state index < -0.39 is 0 Å². The van der Waals surface area contributed by atoms with Gasteiger partial charge in [-0.25, -0.2) is 0 Å². The molecule has 0 amide bonds. The van der Waals surface area contributed by atoms with Crippen LogP contribution in [0, 0.1) is 0 Å². The van der Waals surface area contributed by atoms with Crippen LogP contribution in [0.2, 0.25) is 10.2 Å². The zero-order valence-corrected chi connectivity index (χ0v) is 8.25. The Kier molecular flexibility index (Phi) is 2.22. The Balaban J connectivity index is 3.08. The largest absolute Gasteiger partial charge is 0.447 e. The zero-order chi connectivity index (χ0) is 8.65. The van der Waals surface area contributed by atoms with E-state index in [0.29, 0.717) is 5.02 Å². The predicted octanol–water partition coefficient (Wildman–Crippen LogP) is 3.88. The molecule has 0 aromatic carbocycles. The average molecular weight is 193 g/mol. The van der Waals surface area contributed by atoms with Crippen LogP contribution in [0.25, 0.3) is 0 Å². The fourth-order valence-electron chi connectivity index (χ4n) is 0.716. The fraction of sp³-hybridized carbons (Fsp3) is 0.500. The minimum Gasteiger partial charge on any atom is -0.447 e. The molecule has 3 heteroatoms. The normalized spacial score (nSPS) is 12.1. The molecule has 0 aliphatic carbocycles. The predicted molar refractivity (Wildman–Crippen MR) is 47.4 cm³/mol. The number of rotatable bonds is 0. The molecule has 0 aliphatic rings. The summed E-state index contributed by atoms with van der Waals surface area (Å²) in [7, 11) is 0. The van der Waals surface area contributed by atoms with E-state index in [1.807, 2.05) is 20.8 Å². The van der Waals surface area contributed by atoms with Crippen molar-refractivity contribution in [2.45, 2.75) is 26.2 Å². The molecule has 1 aromatic heterocycles. The van der Waals surface area contributed by atoms with E-state index >= 15 is 0 Å². The van der Waals surface area contributed by atoms with Gasteiger partial charge in [0, 0.05) is 11.5 Å². The molecule has 0 atom stereocenters. The van der Waals surface area contributed by atoms with Crippen LogP contribution in [0.15, 0.2) is 10.5 Å². The lowest BCUT2D eigenvalue weighted by Gasteiger charge is -2.13. The van der Waals surface area contributed by atoms with Crippen molar-refractivity contribution in [1.82, 2.24) is 0 Å². The second-order valence-electron chi connectivity index (χ2n) is 3.48. The van der Waals surface area contributed by atoms with Gasteiger partial charge in [-0.1, -0.05) is 32.4 Å². The molecule has 0 fully saturated rings. The number of hydrogen-bond donors (Lipinski definition) is 0. The lowest BCUT2D eigenvalue weighted by atomic mass is 9.94. The second kappa shape index (κ2) is 2.72. The lowest BCUT2D eigenvalue weighted by Crippen LogP contribution is -2.08. The number of halogens is 2. The molecule has 0 spiro atoms. The van der Waals surface area contributed by atoms with Crippen LogP contribution in [0.1, 0.15) is 26.5 Å². The highest BCUT2D eigenvalue weighted by Crippen LogP contribution is 2.32. The van der Waals surface area contributed by atoms with Crippen molar-refractivity contribution in [1.29, 1.82) is 0 Å². The van der Waals surface area contributed by atoms with Gasteiger partial charge < -0.3 is 4.42 Å². The first kappa shape index (κ1) is 8.95. The van der Waals surface area contributed by atoms with Gasteiger partial charge in [0.1, 0.15) is 5.76 Å². The SMILES string of the molecule is CC(C)(C)c1cc(Cl)c(Cl)o1. The summed E-state index contributed by atoms with van der Waals surface area (Å²) in [5.41, 5.74) is -0.0310. The highest BCUT2D eigenvalue weighted by atomic mass is 35.5. The summed E-state index contributed by atoms with van der Waals surface area (Å²) in [6.07, 6.45) is 0. The minimum atomic E-state index is -0.0310. The van der Waals surface area contributed by atoms with E-state index in [9.17, 15) is 0 Å². The summed E-state index contributed by atoms with van der Waals surface area (Å²) in [4.78, 5) is 0. The second-order valence-corrected chi connectivity index (χ2v) is 4.23. The third kappa shape index (κ3) is 1.91. The topological polar surface area (TPSA) is 13.1 Å². The average Bonchev–Trinajstić information content (AvgIpc) is 2.11. The Morgan fingerprint density at radius 1 is 1.27 bits per heavy atom. The van der Waals surface area contributed by atoms with E-state index in [4.69, 9.17) is 27.6 Å². The molecule has 0 radical (unpaired) electrons. The summed E-state index contributed by atoms with van der Waals surface area (Å²) in [6, 6.07) is 1.75. The summed E-state index contributed by atoms with van der Waals surface area (Å²) < 4.78 is 5.21. The van der Waals surface area contributed by atoms with Crippen LogP contribution >= 0.6 is 23.2 Å². The van der Waals surface area contributed by atoms with Gasteiger partial charge in [-0.2, -0.15) is 0 Å². The summed E-state index contributed by atoms with van der Waals surface area (Å²) in [6.45, 7) is 6.12. The third-order valence-electron chi connectivity index (χ3n) is 1.38. The van der Waals surface area contributed by atoms with Crippen molar-refractivity contribution in [2.24, 2.45) is 0 Å². The molecule has 11 heavy (non-hydrogen) atoms. The first-order valence-electron chi connectivity index (χ1n) is 3.36. The van der Waals surface area contributed by atoms with Gasteiger partial charge in [0.2, 0.25) is 5.22 Å². The van der Waals surface area contributed by atoms with Crippen LogP contribution in [0.4, 0.5) is 0 Å². The van der Waals surface area contributed by atoms with Crippen LogP contribution in [-0.4, -0.2) is 0 Å². The van der Waals surface area contributed by atoms with Gasteiger partial charge in [0.25, 0.3) is 0 Å². The molecule has 0 unspecified atom stereocenters. The standard InChI is InChI=1S/C8H10Cl2O/c1-8(2,3)6-4-5(9)7(10)11-6/h4H,1-3H3. The summed E-state index contributed by atoms with van der Waals surface area (Å²) >= 11 is 11.3. The highest BCUT2D eigenvalue weighted by molar-refractivity contribution is 6.40. The number of furan rings is 1. The fourth-order valence-corrected chi connectivity index (χ4v) is 0.992. The van der Waals surface area contributed by atoms with Crippen LogP contribution in [0.5, 0.6) is 0 Å². The Morgan fingerprint density at radius 2 is 1.82 bits per heavy atom. The Morgan fingerprint density at radius 3 is 2.00 bits per heavy atom. The highest BCUT2D eigenvalue weighted by Gasteiger charge is 2.19. The van der Waals surface area contributed by atoms with Gasteiger partial charge in [0.05, 0.1) is 5.02 Å². The molecule has 0 N–H and O–H groups in total. The molecule has 0 bridgehead atoms. The quantitative estimate of drug-likeness (QED) is 0.609. The Hall–Kier alpha value is -0.140. The lowest BCUT2D eigenvalue weighted by molar-refractivity contribution is 0.410. The molecule has 1 aromatic rings. The van der Waals surface area contributed by atoms with Gasteiger partial charge in [-0.3, -0.25) is 0 Å². The van der Waals surface area contributed by atoms with E-state index in [1.54, 1.807) is 6.07 Å². The van der Waals surface area contributed by atoms with Crippen molar-refractivity contribution in [2.75, 3.05) is 0 Å². The molecular weight excluding hydrogens is 183 g/mol. The maximum atomic E-state index is 5.71. The van der Waals surface area contributed by atoms with Crippen molar-refractivity contribution in [3.63, 3.8) is 0 Å². The molecular formula is C8H10Cl2O. The van der Waals surface area contributed by atoms with Crippen LogP contribution in [0.3, 0.4) is 0 Å². The molecule has 62 valence electrons. The van der Waals surface area contributed by atoms with Gasteiger partial charge in [-0.15, -0.1) is 0 Å². The van der Waals surface area contributed by atoms with Crippen molar-refractivity contribution < 1.29 is 4.42 Å². The first-order valence-corrected chi connectivity index (χ1v) is 4.12. The molecule has 0 aliphatic heterocycles. The molecule has 0 saturated heterocycles. The Labute approximate surface area is 76.3 Å². The minimum absolute atomic E-state index is 0.0310. The first-order chi connectivity index (χ1) is 4.91. The van der Waals surface area contributed by atoms with Crippen molar-refractivity contribution in [3.05, 3.63) is 22.1 Å². The summed E-state index contributed by atoms with van der Waals surface area (Å²) in [5, 5.41) is 0.758. The maximum Gasteiger partial charge on any atom is 0.212 e. The third-order valence-corrected chi connectivity index (χ3v) is 2.04. The maximum absolute atomic E-state index is 5.71. The van der Waals surface area contributed by atoms with Gasteiger partial charge >= 0.3 is 0 Å². The van der Waals surface area contributed by atoms with E-state index in [1.165, 1.54) is 0 Å². The molecule has 1 rings (SSSR count). The molecule has 0 saturated carbocycles. The zero-order valence-electron chi connectivity index (χ0n) is 6.74. The van der Waals surface area contributed by atoms with E-state index in [0.717, 1.165) is 5.76 Å². The van der Waals surface area contributed by atoms with Crippen LogP contribution in [-0.2, 0) is 5.41 Å². The van der Waals surface area contributed by atoms with Crippen molar-refractivity contribution >= 4 is 23.2 Å². The van der Waals surface area contributed by atoms with Gasteiger partial charge in [-0.05, 0) is 11.6 Å². The van der Waals surface area contributed by atoms with Gasteiger partial charge in [0.15, 0.2) is 0 Å². The Bertz CT molecular complexity index is 238. The van der Waals surface area contributed by atoms with Crippen molar-refractivity contribution in [3.8, 4) is 0 Å². The molecule has 1 heterocycles. The smallest absolute Gasteiger partial charge is 0.212 e.